The number of carbonyl (C=O) groups excluding carboxylic acids is 2. The van der Waals surface area contributed by atoms with Crippen LogP contribution in [0, 0.1) is 0 Å². The van der Waals surface area contributed by atoms with Gasteiger partial charge in [0, 0.05) is 47.0 Å². The highest BCUT2D eigenvalue weighted by atomic mass is 32.2. The van der Waals surface area contributed by atoms with Gasteiger partial charge in [0.2, 0.25) is 0 Å². The van der Waals surface area contributed by atoms with Crippen LogP contribution in [0.4, 0.5) is 16.2 Å². The summed E-state index contributed by atoms with van der Waals surface area (Å²) in [5, 5.41) is 4.21. The van der Waals surface area contributed by atoms with E-state index < -0.39 is 23.0 Å². The second-order valence-corrected chi connectivity index (χ2v) is 10.6. The SMILES string of the molecule is CC(C)(C)OC(=O)N1CCC(N(c2ccc(C(=O)Nc3ccccc3)c3ccccc23)S(=O)[O-])CC1. The van der Waals surface area contributed by atoms with Crippen molar-refractivity contribution in [2.24, 2.45) is 0 Å². The van der Waals surface area contributed by atoms with Gasteiger partial charge in [0.15, 0.2) is 0 Å². The Hall–Kier alpha value is -3.43. The summed E-state index contributed by atoms with van der Waals surface area (Å²) in [7, 11) is 0. The van der Waals surface area contributed by atoms with Gasteiger partial charge in [-0.3, -0.25) is 13.3 Å². The molecule has 0 aliphatic carbocycles. The number of likely N-dealkylation sites (tertiary alicyclic amines) is 1. The minimum atomic E-state index is -2.55. The highest BCUT2D eigenvalue weighted by Gasteiger charge is 2.31. The van der Waals surface area contributed by atoms with E-state index in [1.165, 1.54) is 4.31 Å². The van der Waals surface area contributed by atoms with Crippen LogP contribution in [-0.4, -0.2) is 50.4 Å². The number of rotatable bonds is 5. The van der Waals surface area contributed by atoms with Crippen LogP contribution in [0.2, 0.25) is 0 Å². The second kappa shape index (κ2) is 10.7. The molecular formula is C27H30N3O5S-. The molecule has 1 heterocycles. The molecule has 1 atom stereocenters. The predicted octanol–water partition coefficient (Wildman–Crippen LogP) is 5.09. The highest BCUT2D eigenvalue weighted by molar-refractivity contribution is 7.80. The number of carbonyl (C=O) groups is 2. The molecule has 36 heavy (non-hydrogen) atoms. The van der Waals surface area contributed by atoms with Gasteiger partial charge < -0.3 is 19.5 Å². The van der Waals surface area contributed by atoms with Crippen LogP contribution in [0.3, 0.4) is 0 Å². The van der Waals surface area contributed by atoms with Crippen LogP contribution >= 0.6 is 0 Å². The molecule has 0 aromatic heterocycles. The summed E-state index contributed by atoms with van der Waals surface area (Å²) in [5.41, 5.74) is 1.04. The number of ether oxygens (including phenoxy) is 1. The van der Waals surface area contributed by atoms with Crippen molar-refractivity contribution in [1.82, 2.24) is 4.90 Å². The number of para-hydroxylation sites is 1. The zero-order valence-corrected chi connectivity index (χ0v) is 21.4. The Morgan fingerprint density at radius 1 is 0.972 bits per heavy atom. The van der Waals surface area contributed by atoms with Crippen molar-refractivity contribution >= 4 is 45.4 Å². The third-order valence-electron chi connectivity index (χ3n) is 6.02. The van der Waals surface area contributed by atoms with Gasteiger partial charge in [-0.1, -0.05) is 42.5 Å². The van der Waals surface area contributed by atoms with Crippen LogP contribution in [0.15, 0.2) is 66.7 Å². The number of amides is 2. The molecule has 1 N–H and O–H groups in total. The zero-order chi connectivity index (χ0) is 25.9. The largest absolute Gasteiger partial charge is 0.755 e. The number of benzene rings is 3. The Balaban J connectivity index is 1.59. The third kappa shape index (κ3) is 5.85. The number of anilines is 2. The summed E-state index contributed by atoms with van der Waals surface area (Å²) in [6.07, 6.45) is 0.547. The van der Waals surface area contributed by atoms with E-state index in [2.05, 4.69) is 5.32 Å². The van der Waals surface area contributed by atoms with Crippen molar-refractivity contribution < 1.29 is 23.1 Å². The summed E-state index contributed by atoms with van der Waals surface area (Å²) in [4.78, 5) is 27.1. The number of piperidine rings is 1. The van der Waals surface area contributed by atoms with Gasteiger partial charge in [0.25, 0.3) is 5.91 Å². The van der Waals surface area contributed by atoms with Gasteiger partial charge in [-0.05, 0) is 63.3 Å². The van der Waals surface area contributed by atoms with Crippen molar-refractivity contribution in [2.45, 2.75) is 45.3 Å². The lowest BCUT2D eigenvalue weighted by Crippen LogP contribution is -2.48. The average Bonchev–Trinajstić information content (AvgIpc) is 2.84. The van der Waals surface area contributed by atoms with E-state index in [4.69, 9.17) is 4.74 Å². The van der Waals surface area contributed by atoms with Crippen LogP contribution in [0.1, 0.15) is 44.0 Å². The molecule has 190 valence electrons. The lowest BCUT2D eigenvalue weighted by molar-refractivity contribution is 0.0207. The first-order valence-electron chi connectivity index (χ1n) is 11.9. The molecule has 4 rings (SSSR count). The minimum Gasteiger partial charge on any atom is -0.755 e. The summed E-state index contributed by atoms with van der Waals surface area (Å²) in [6, 6.07) is 19.5. The normalized spacial score (nSPS) is 15.4. The maximum absolute atomic E-state index is 13.0. The number of hydrogen-bond acceptors (Lipinski definition) is 5. The molecule has 1 saturated heterocycles. The molecule has 1 aliphatic rings. The van der Waals surface area contributed by atoms with Gasteiger partial charge in [0.1, 0.15) is 5.60 Å². The molecule has 0 spiro atoms. The van der Waals surface area contributed by atoms with E-state index in [0.29, 0.717) is 53.6 Å². The Kier molecular flexibility index (Phi) is 7.61. The first-order chi connectivity index (χ1) is 17.1. The summed E-state index contributed by atoms with van der Waals surface area (Å²) >= 11 is -2.55. The van der Waals surface area contributed by atoms with Crippen molar-refractivity contribution in [3.8, 4) is 0 Å². The van der Waals surface area contributed by atoms with Crippen molar-refractivity contribution in [2.75, 3.05) is 22.7 Å². The fourth-order valence-electron chi connectivity index (χ4n) is 4.40. The van der Waals surface area contributed by atoms with Crippen molar-refractivity contribution in [1.29, 1.82) is 0 Å². The van der Waals surface area contributed by atoms with E-state index >= 15 is 0 Å². The highest BCUT2D eigenvalue weighted by Crippen LogP contribution is 2.34. The molecule has 3 aromatic carbocycles. The lowest BCUT2D eigenvalue weighted by atomic mass is 10.00. The number of fused-ring (bicyclic) bond motifs is 1. The number of hydrogen-bond donors (Lipinski definition) is 1. The second-order valence-electron chi connectivity index (χ2n) is 9.74. The zero-order valence-electron chi connectivity index (χ0n) is 20.6. The number of nitrogens with one attached hydrogen (secondary N) is 1. The summed E-state index contributed by atoms with van der Waals surface area (Å²) in [5.74, 6) is -0.274. The molecule has 1 aliphatic heterocycles. The van der Waals surface area contributed by atoms with Crippen molar-refractivity contribution in [3.05, 3.63) is 72.3 Å². The molecule has 3 aromatic rings. The minimum absolute atomic E-state index is 0.274. The Morgan fingerprint density at radius 3 is 2.19 bits per heavy atom. The first-order valence-corrected chi connectivity index (χ1v) is 12.9. The molecule has 0 saturated carbocycles. The Bertz CT molecular complexity index is 1270. The standard InChI is InChI=1S/C27H31N3O5S/c1-27(2,3)35-26(32)29-17-15-20(16-18-29)30(36(33)34)24-14-13-23(21-11-7-8-12-22(21)24)25(31)28-19-9-5-4-6-10-19/h4-14,20H,15-18H2,1-3H3,(H,28,31)(H,33,34)/p-1. The number of nitrogens with zero attached hydrogens (tertiary/aromatic N) is 2. The predicted molar refractivity (Wildman–Crippen MR) is 141 cm³/mol. The summed E-state index contributed by atoms with van der Waals surface area (Å²) in [6.45, 7) is 6.23. The maximum atomic E-state index is 13.0. The van der Waals surface area contributed by atoms with Gasteiger partial charge in [-0.2, -0.15) is 0 Å². The lowest BCUT2D eigenvalue weighted by Gasteiger charge is -2.40. The van der Waals surface area contributed by atoms with Crippen LogP contribution in [-0.2, 0) is 16.0 Å². The Labute approximate surface area is 213 Å². The molecular weight excluding hydrogens is 478 g/mol. The van der Waals surface area contributed by atoms with Crippen LogP contribution in [0.25, 0.3) is 10.8 Å². The molecule has 9 heteroatoms. The van der Waals surface area contributed by atoms with E-state index in [-0.39, 0.29) is 11.9 Å². The monoisotopic (exact) mass is 508 g/mol. The van der Waals surface area contributed by atoms with E-state index in [1.54, 1.807) is 29.2 Å². The van der Waals surface area contributed by atoms with Crippen LogP contribution in [0.5, 0.6) is 0 Å². The fraction of sp³-hybridized carbons (Fsp3) is 0.333. The summed E-state index contributed by atoms with van der Waals surface area (Å²) < 4.78 is 31.7. The van der Waals surface area contributed by atoms with Crippen LogP contribution < -0.4 is 9.62 Å². The van der Waals surface area contributed by atoms with Crippen molar-refractivity contribution in [3.63, 3.8) is 0 Å². The van der Waals surface area contributed by atoms with E-state index in [0.717, 1.165) is 0 Å². The molecule has 1 unspecified atom stereocenters. The van der Waals surface area contributed by atoms with E-state index in [1.807, 2.05) is 63.2 Å². The first kappa shape index (κ1) is 25.7. The quantitative estimate of drug-likeness (QED) is 0.484. The topological polar surface area (TPSA) is 102 Å². The van der Waals surface area contributed by atoms with E-state index in [9.17, 15) is 18.4 Å². The fourth-order valence-corrected chi connectivity index (χ4v) is 5.18. The molecule has 2 amide bonds. The van der Waals surface area contributed by atoms with Gasteiger partial charge in [-0.15, -0.1) is 0 Å². The third-order valence-corrected chi connectivity index (χ3v) is 6.84. The molecule has 1 fully saturated rings. The van der Waals surface area contributed by atoms with Gasteiger partial charge >= 0.3 is 6.09 Å². The molecule has 8 nitrogen and oxygen atoms in total. The Morgan fingerprint density at radius 2 is 1.58 bits per heavy atom. The smallest absolute Gasteiger partial charge is 0.410 e. The van der Waals surface area contributed by atoms with Gasteiger partial charge in [-0.25, -0.2) is 4.79 Å². The molecule has 0 radical (unpaired) electrons. The maximum Gasteiger partial charge on any atom is 0.410 e. The average molecular weight is 509 g/mol. The van der Waals surface area contributed by atoms with Gasteiger partial charge in [0.05, 0.1) is 5.69 Å². The molecule has 0 bridgehead atoms.